The number of hydrogen-bond acceptors (Lipinski definition) is 6. The molecule has 0 saturated carbocycles. The molecule has 94 valence electrons. The van der Waals surface area contributed by atoms with Crippen molar-refractivity contribution in [2.75, 3.05) is 13.2 Å². The van der Waals surface area contributed by atoms with Crippen molar-refractivity contribution in [1.29, 1.82) is 0 Å². The Morgan fingerprint density at radius 1 is 1.31 bits per heavy atom. The molecule has 0 bridgehead atoms. The van der Waals surface area contributed by atoms with E-state index in [4.69, 9.17) is 5.11 Å². The second kappa shape index (κ2) is 5.55. The molecule has 1 heterocycles. The first-order valence-corrected chi connectivity index (χ1v) is 5.13. The molecular formula is C9H18N2O5. The van der Waals surface area contributed by atoms with Crippen molar-refractivity contribution >= 4 is 5.91 Å². The van der Waals surface area contributed by atoms with Gasteiger partial charge in [-0.1, -0.05) is 0 Å². The summed E-state index contributed by atoms with van der Waals surface area (Å²) in [5.41, 5.74) is 0. The summed E-state index contributed by atoms with van der Waals surface area (Å²) >= 11 is 0. The lowest BCUT2D eigenvalue weighted by molar-refractivity contribution is -0.122. The van der Waals surface area contributed by atoms with E-state index in [0.29, 0.717) is 0 Å². The topological polar surface area (TPSA) is 122 Å². The number of rotatable bonds is 2. The number of carbonyl (C=O) groups is 1. The Morgan fingerprint density at radius 2 is 1.94 bits per heavy atom. The number of aliphatic hydroxyl groups excluding tert-OH is 4. The zero-order chi connectivity index (χ0) is 12.3. The minimum Gasteiger partial charge on any atom is -0.395 e. The van der Waals surface area contributed by atoms with Crippen molar-refractivity contribution in [3.8, 4) is 0 Å². The maximum absolute atomic E-state index is 10.9. The second-order valence-electron chi connectivity index (χ2n) is 3.98. The van der Waals surface area contributed by atoms with Crippen LogP contribution in [-0.2, 0) is 4.79 Å². The van der Waals surface area contributed by atoms with E-state index in [1.807, 2.05) is 0 Å². The van der Waals surface area contributed by atoms with E-state index < -0.39 is 30.4 Å². The molecule has 7 nitrogen and oxygen atoms in total. The molecule has 7 heteroatoms. The Kier molecular flexibility index (Phi) is 4.63. The van der Waals surface area contributed by atoms with Gasteiger partial charge >= 0.3 is 0 Å². The van der Waals surface area contributed by atoms with E-state index >= 15 is 0 Å². The molecule has 1 amide bonds. The summed E-state index contributed by atoms with van der Waals surface area (Å²) < 4.78 is 0. The van der Waals surface area contributed by atoms with Crippen LogP contribution in [0.5, 0.6) is 0 Å². The lowest BCUT2D eigenvalue weighted by atomic mass is 10.00. The summed E-state index contributed by atoms with van der Waals surface area (Å²) in [6, 6.07) is -1.41. The molecule has 0 unspecified atom stereocenters. The van der Waals surface area contributed by atoms with Crippen LogP contribution in [0.15, 0.2) is 0 Å². The zero-order valence-corrected chi connectivity index (χ0v) is 9.00. The van der Waals surface area contributed by atoms with Gasteiger partial charge in [-0.2, -0.15) is 0 Å². The quantitative estimate of drug-likeness (QED) is 0.295. The first-order valence-electron chi connectivity index (χ1n) is 5.13. The fourth-order valence-electron chi connectivity index (χ4n) is 1.77. The molecule has 1 saturated heterocycles. The Bertz CT molecular complexity index is 250. The van der Waals surface area contributed by atoms with Crippen molar-refractivity contribution in [2.45, 2.75) is 37.3 Å². The highest BCUT2D eigenvalue weighted by molar-refractivity contribution is 5.73. The van der Waals surface area contributed by atoms with Gasteiger partial charge in [-0.05, 0) is 0 Å². The first kappa shape index (κ1) is 13.3. The van der Waals surface area contributed by atoms with E-state index in [1.165, 1.54) is 6.92 Å². The predicted molar refractivity (Wildman–Crippen MR) is 54.5 cm³/mol. The molecule has 1 aliphatic rings. The fourth-order valence-corrected chi connectivity index (χ4v) is 1.77. The van der Waals surface area contributed by atoms with Crippen LogP contribution >= 0.6 is 0 Å². The number of amides is 1. The Morgan fingerprint density at radius 3 is 2.44 bits per heavy atom. The first-order chi connectivity index (χ1) is 7.47. The van der Waals surface area contributed by atoms with Crippen LogP contribution in [0.2, 0.25) is 0 Å². The van der Waals surface area contributed by atoms with Gasteiger partial charge in [-0.3, -0.25) is 4.79 Å². The molecule has 0 radical (unpaired) electrons. The molecular weight excluding hydrogens is 216 g/mol. The predicted octanol–water partition coefficient (Wildman–Crippen LogP) is -3.46. The number of nitrogens with one attached hydrogen (secondary N) is 2. The average Bonchev–Trinajstić information content (AvgIpc) is 2.32. The highest BCUT2D eigenvalue weighted by atomic mass is 16.4. The van der Waals surface area contributed by atoms with E-state index in [-0.39, 0.29) is 19.1 Å². The molecule has 0 aromatic rings. The average molecular weight is 234 g/mol. The largest absolute Gasteiger partial charge is 0.395 e. The Hall–Kier alpha value is -0.730. The van der Waals surface area contributed by atoms with Gasteiger partial charge < -0.3 is 31.1 Å². The minimum atomic E-state index is -1.41. The van der Waals surface area contributed by atoms with Gasteiger partial charge in [-0.25, -0.2) is 0 Å². The van der Waals surface area contributed by atoms with Gasteiger partial charge in [-0.15, -0.1) is 0 Å². The second-order valence-corrected chi connectivity index (χ2v) is 3.98. The molecule has 1 fully saturated rings. The fraction of sp³-hybridized carbons (Fsp3) is 0.889. The number of hydrogen-bond donors (Lipinski definition) is 6. The van der Waals surface area contributed by atoms with Crippen LogP contribution in [0.3, 0.4) is 0 Å². The van der Waals surface area contributed by atoms with E-state index in [0.717, 1.165) is 0 Å². The molecule has 0 spiro atoms. The van der Waals surface area contributed by atoms with E-state index in [9.17, 15) is 20.1 Å². The van der Waals surface area contributed by atoms with Crippen molar-refractivity contribution < 1.29 is 25.2 Å². The van der Waals surface area contributed by atoms with Crippen molar-refractivity contribution in [2.24, 2.45) is 0 Å². The van der Waals surface area contributed by atoms with Gasteiger partial charge in [0, 0.05) is 13.5 Å². The van der Waals surface area contributed by atoms with Gasteiger partial charge in [0.05, 0.1) is 24.8 Å². The third kappa shape index (κ3) is 2.89. The summed E-state index contributed by atoms with van der Waals surface area (Å²) in [4.78, 5) is 10.9. The highest BCUT2D eigenvalue weighted by Crippen LogP contribution is 2.12. The highest BCUT2D eigenvalue weighted by Gasteiger charge is 2.39. The van der Waals surface area contributed by atoms with Gasteiger partial charge in [0.1, 0.15) is 12.2 Å². The molecule has 1 aliphatic heterocycles. The third-order valence-corrected chi connectivity index (χ3v) is 2.71. The minimum absolute atomic E-state index is 0.167. The normalized spacial score (nSPS) is 40.2. The van der Waals surface area contributed by atoms with Crippen LogP contribution in [0.25, 0.3) is 0 Å². The molecule has 5 atom stereocenters. The van der Waals surface area contributed by atoms with Crippen LogP contribution in [0, 0.1) is 0 Å². The maximum atomic E-state index is 10.9. The third-order valence-electron chi connectivity index (χ3n) is 2.71. The van der Waals surface area contributed by atoms with Gasteiger partial charge in [0.25, 0.3) is 0 Å². The summed E-state index contributed by atoms with van der Waals surface area (Å²) in [6.45, 7) is 1.10. The van der Waals surface area contributed by atoms with Crippen molar-refractivity contribution in [1.82, 2.24) is 10.6 Å². The lowest BCUT2D eigenvalue weighted by Gasteiger charge is -2.26. The van der Waals surface area contributed by atoms with Crippen LogP contribution in [0.1, 0.15) is 6.92 Å². The van der Waals surface area contributed by atoms with Crippen molar-refractivity contribution in [3.05, 3.63) is 0 Å². The SMILES string of the molecule is CC(=O)N[C@@H]1CN[C@H](CO)[C@@H](O)[C@H](O)[C@H]1O. The van der Waals surface area contributed by atoms with Gasteiger partial charge in [0.15, 0.2) is 0 Å². The van der Waals surface area contributed by atoms with Crippen LogP contribution < -0.4 is 10.6 Å². The van der Waals surface area contributed by atoms with Crippen LogP contribution in [-0.4, -0.2) is 69.9 Å². The lowest BCUT2D eigenvalue weighted by Crippen LogP contribution is -2.52. The van der Waals surface area contributed by atoms with Crippen LogP contribution in [0.4, 0.5) is 0 Å². The van der Waals surface area contributed by atoms with E-state index in [1.54, 1.807) is 0 Å². The summed E-state index contributed by atoms with van der Waals surface area (Å²) in [7, 11) is 0. The summed E-state index contributed by atoms with van der Waals surface area (Å²) in [5.74, 6) is -0.338. The molecule has 0 aliphatic carbocycles. The van der Waals surface area contributed by atoms with Gasteiger partial charge in [0.2, 0.25) is 5.91 Å². The monoisotopic (exact) mass is 234 g/mol. The Balaban J connectivity index is 2.74. The summed E-state index contributed by atoms with van der Waals surface area (Å²) in [6.07, 6.45) is -3.97. The molecule has 6 N–H and O–H groups in total. The zero-order valence-electron chi connectivity index (χ0n) is 9.00. The molecule has 0 aromatic heterocycles. The molecule has 1 rings (SSSR count). The summed E-state index contributed by atoms with van der Waals surface area (Å²) in [5, 5.41) is 43.1. The number of carbonyl (C=O) groups excluding carboxylic acids is 1. The Labute approximate surface area is 93.1 Å². The molecule has 16 heavy (non-hydrogen) atoms. The maximum Gasteiger partial charge on any atom is 0.217 e. The van der Waals surface area contributed by atoms with Crippen molar-refractivity contribution in [3.63, 3.8) is 0 Å². The number of aliphatic hydroxyl groups is 4. The standard InChI is InChI=1S/C9H18N2O5/c1-4(13)11-5-2-10-6(3-12)8(15)9(16)7(5)14/h5-10,12,14-16H,2-3H2,1H3,(H,11,13)/t5-,6-,7+,8-,9-/m1/s1. The molecule has 0 aromatic carbocycles. The van der Waals surface area contributed by atoms with E-state index in [2.05, 4.69) is 10.6 Å². The smallest absolute Gasteiger partial charge is 0.217 e.